The van der Waals surface area contributed by atoms with Gasteiger partial charge in [-0.1, -0.05) is 30.6 Å². The zero-order valence-electron chi connectivity index (χ0n) is 20.0. The number of hydrogen-bond donors (Lipinski definition) is 2. The maximum Gasteiger partial charge on any atom is 0.437 e. The van der Waals surface area contributed by atoms with Gasteiger partial charge in [0, 0.05) is 12.1 Å². The number of amides is 3. The van der Waals surface area contributed by atoms with Crippen molar-refractivity contribution in [1.29, 1.82) is 0 Å². The van der Waals surface area contributed by atoms with Crippen LogP contribution in [0, 0.1) is 0 Å². The number of alkyl halides is 3. The van der Waals surface area contributed by atoms with E-state index < -0.39 is 35.3 Å². The number of fused-ring (bicyclic) bond motifs is 1. The monoisotopic (exact) mass is 519 g/mol. The summed E-state index contributed by atoms with van der Waals surface area (Å²) in [6, 6.07) is 7.88. The van der Waals surface area contributed by atoms with E-state index in [0.717, 1.165) is 0 Å². The highest BCUT2D eigenvalue weighted by molar-refractivity contribution is 6.07. The lowest BCUT2D eigenvalue weighted by Crippen LogP contribution is -2.45. The number of halogens is 3. The average molecular weight is 519 g/mol. The molecule has 0 saturated carbocycles. The number of ether oxygens (including phenoxy) is 1. The van der Waals surface area contributed by atoms with E-state index in [-0.39, 0.29) is 36.1 Å². The van der Waals surface area contributed by atoms with Gasteiger partial charge in [0.25, 0.3) is 5.91 Å². The van der Waals surface area contributed by atoms with Gasteiger partial charge in [0.2, 0.25) is 0 Å². The van der Waals surface area contributed by atoms with Crippen LogP contribution in [0.2, 0.25) is 0 Å². The van der Waals surface area contributed by atoms with E-state index in [2.05, 4.69) is 10.5 Å². The van der Waals surface area contributed by atoms with Crippen molar-refractivity contribution in [3.05, 3.63) is 58.8 Å². The third-order valence-corrected chi connectivity index (χ3v) is 6.37. The summed E-state index contributed by atoms with van der Waals surface area (Å²) in [6.45, 7) is 3.58. The number of nitrogens with one attached hydrogen (secondary N) is 1. The van der Waals surface area contributed by atoms with E-state index in [9.17, 15) is 32.7 Å². The number of rotatable bonds is 9. The van der Waals surface area contributed by atoms with Crippen LogP contribution in [0.3, 0.4) is 0 Å². The SMILES string of the molecule is CCCc1c(OCCCN2C(=O)NC(=O)C2(C)c2cccc(C(=O)O)c2)ccc2c(C(F)(F)F)noc12. The summed E-state index contributed by atoms with van der Waals surface area (Å²) in [5.74, 6) is -1.40. The maximum atomic E-state index is 13.2. The Kier molecular flexibility index (Phi) is 6.85. The molecule has 2 heterocycles. The van der Waals surface area contributed by atoms with Crippen molar-refractivity contribution < 1.29 is 41.9 Å². The zero-order valence-corrected chi connectivity index (χ0v) is 20.0. The largest absolute Gasteiger partial charge is 0.493 e. The van der Waals surface area contributed by atoms with Crippen molar-refractivity contribution >= 4 is 28.9 Å². The van der Waals surface area contributed by atoms with Gasteiger partial charge in [-0.3, -0.25) is 10.1 Å². The van der Waals surface area contributed by atoms with Gasteiger partial charge in [-0.25, -0.2) is 9.59 Å². The minimum Gasteiger partial charge on any atom is -0.493 e. The van der Waals surface area contributed by atoms with Crippen LogP contribution in [-0.2, 0) is 22.9 Å². The molecule has 9 nitrogen and oxygen atoms in total. The van der Waals surface area contributed by atoms with Gasteiger partial charge >= 0.3 is 18.2 Å². The summed E-state index contributed by atoms with van der Waals surface area (Å²) in [4.78, 5) is 38.0. The van der Waals surface area contributed by atoms with Gasteiger partial charge in [0.1, 0.15) is 11.3 Å². The number of urea groups is 1. The highest BCUT2D eigenvalue weighted by Crippen LogP contribution is 2.38. The number of aromatic carboxylic acids is 1. The van der Waals surface area contributed by atoms with Crippen molar-refractivity contribution in [1.82, 2.24) is 15.4 Å². The molecule has 1 saturated heterocycles. The second kappa shape index (κ2) is 9.75. The van der Waals surface area contributed by atoms with Gasteiger partial charge in [0.05, 0.1) is 17.6 Å². The van der Waals surface area contributed by atoms with Crippen LogP contribution in [0.1, 0.15) is 53.9 Å². The predicted molar refractivity (Wildman–Crippen MR) is 124 cm³/mol. The molecule has 2 N–H and O–H groups in total. The molecule has 3 amide bonds. The molecule has 3 aromatic rings. The van der Waals surface area contributed by atoms with Crippen molar-refractivity contribution in [2.75, 3.05) is 13.2 Å². The fraction of sp³-hybridized carbons (Fsp3) is 0.360. The van der Waals surface area contributed by atoms with Crippen molar-refractivity contribution in [3.63, 3.8) is 0 Å². The molecule has 0 aliphatic carbocycles. The summed E-state index contributed by atoms with van der Waals surface area (Å²) in [5, 5.41) is 14.6. The molecule has 1 unspecified atom stereocenters. The van der Waals surface area contributed by atoms with Gasteiger partial charge in [0.15, 0.2) is 11.3 Å². The fourth-order valence-corrected chi connectivity index (χ4v) is 4.45. The number of nitrogens with zero attached hydrogens (tertiary/aromatic N) is 2. The van der Waals surface area contributed by atoms with Gasteiger partial charge < -0.3 is 19.3 Å². The molecule has 1 atom stereocenters. The molecule has 196 valence electrons. The van der Waals surface area contributed by atoms with Crippen LogP contribution in [0.25, 0.3) is 11.0 Å². The number of carboxylic acids is 1. The summed E-state index contributed by atoms with van der Waals surface area (Å²) in [6.07, 6.45) is -3.34. The summed E-state index contributed by atoms with van der Waals surface area (Å²) in [5.41, 5.74) is -1.72. The molecule has 2 aromatic carbocycles. The molecule has 4 rings (SSSR count). The molecule has 1 aliphatic rings. The molecule has 0 radical (unpaired) electrons. The maximum absolute atomic E-state index is 13.2. The van der Waals surface area contributed by atoms with Gasteiger partial charge in [-0.2, -0.15) is 13.2 Å². The second-order valence-electron chi connectivity index (χ2n) is 8.77. The molecule has 1 aromatic heterocycles. The Morgan fingerprint density at radius 2 is 2.00 bits per heavy atom. The minimum absolute atomic E-state index is 0.0158. The highest BCUT2D eigenvalue weighted by atomic mass is 19.4. The molecule has 0 bridgehead atoms. The third kappa shape index (κ3) is 4.70. The Balaban J connectivity index is 1.51. The predicted octanol–water partition coefficient (Wildman–Crippen LogP) is 4.73. The van der Waals surface area contributed by atoms with E-state index in [1.807, 2.05) is 6.92 Å². The van der Waals surface area contributed by atoms with E-state index in [0.29, 0.717) is 29.7 Å². The fourth-order valence-electron chi connectivity index (χ4n) is 4.45. The minimum atomic E-state index is -4.65. The summed E-state index contributed by atoms with van der Waals surface area (Å²) in [7, 11) is 0. The van der Waals surface area contributed by atoms with Gasteiger partial charge in [-0.05, 0) is 49.6 Å². The number of aryl methyl sites for hydroxylation is 1. The molecule has 37 heavy (non-hydrogen) atoms. The van der Waals surface area contributed by atoms with Crippen molar-refractivity contribution in [2.24, 2.45) is 0 Å². The first-order valence-corrected chi connectivity index (χ1v) is 11.6. The van der Waals surface area contributed by atoms with Crippen LogP contribution >= 0.6 is 0 Å². The summed E-state index contributed by atoms with van der Waals surface area (Å²) >= 11 is 0. The van der Waals surface area contributed by atoms with E-state index in [1.54, 1.807) is 6.07 Å². The third-order valence-electron chi connectivity index (χ3n) is 6.37. The summed E-state index contributed by atoms with van der Waals surface area (Å²) < 4.78 is 50.6. The number of carbonyl (C=O) groups is 3. The van der Waals surface area contributed by atoms with Crippen LogP contribution in [0.15, 0.2) is 40.9 Å². The topological polar surface area (TPSA) is 122 Å². The Hall–Kier alpha value is -4.09. The molecular weight excluding hydrogens is 495 g/mol. The molecule has 0 spiro atoms. The molecule has 1 aliphatic heterocycles. The molecule has 12 heteroatoms. The average Bonchev–Trinajstić information content (AvgIpc) is 3.38. The van der Waals surface area contributed by atoms with E-state index in [1.165, 1.54) is 42.2 Å². The van der Waals surface area contributed by atoms with Crippen molar-refractivity contribution in [3.8, 4) is 5.75 Å². The first-order valence-electron chi connectivity index (χ1n) is 11.6. The Labute approximate surface area is 209 Å². The number of benzene rings is 2. The molecule has 1 fully saturated rings. The molecular formula is C25H24F3N3O6. The van der Waals surface area contributed by atoms with Crippen LogP contribution in [0.4, 0.5) is 18.0 Å². The zero-order chi connectivity index (χ0) is 27.0. The van der Waals surface area contributed by atoms with Gasteiger partial charge in [-0.15, -0.1) is 0 Å². The number of carbonyl (C=O) groups excluding carboxylic acids is 2. The standard InChI is InChI=1S/C25H24F3N3O6/c1-3-6-16-18(10-9-17-19(16)37-30-20(17)25(26,27)28)36-12-5-11-31-23(35)29-22(34)24(31,2)15-8-4-7-14(13-15)21(32)33/h4,7-10,13H,3,5-6,11-12H2,1-2H3,(H,32,33)(H,29,34,35). The van der Waals surface area contributed by atoms with Crippen LogP contribution in [0.5, 0.6) is 5.75 Å². The van der Waals surface area contributed by atoms with Crippen LogP contribution < -0.4 is 10.1 Å². The Morgan fingerprint density at radius 3 is 2.68 bits per heavy atom. The van der Waals surface area contributed by atoms with Crippen LogP contribution in [-0.4, -0.2) is 46.2 Å². The first kappa shape index (κ1) is 26.0. The van der Waals surface area contributed by atoms with E-state index >= 15 is 0 Å². The second-order valence-corrected chi connectivity index (χ2v) is 8.77. The number of aromatic nitrogens is 1. The lowest BCUT2D eigenvalue weighted by Gasteiger charge is -2.32. The number of imide groups is 1. The smallest absolute Gasteiger partial charge is 0.437 e. The Bertz CT molecular complexity index is 1370. The lowest BCUT2D eigenvalue weighted by atomic mass is 9.89. The van der Waals surface area contributed by atoms with Crippen molar-refractivity contribution in [2.45, 2.75) is 44.8 Å². The Morgan fingerprint density at radius 1 is 1.24 bits per heavy atom. The normalized spacial score (nSPS) is 17.9. The number of carboxylic acid groups (broad SMARTS) is 1. The lowest BCUT2D eigenvalue weighted by molar-refractivity contribution is -0.141. The number of hydrogen-bond acceptors (Lipinski definition) is 6. The quantitative estimate of drug-likeness (QED) is 0.310. The first-order chi connectivity index (χ1) is 17.5. The highest BCUT2D eigenvalue weighted by Gasteiger charge is 2.50. The van der Waals surface area contributed by atoms with E-state index in [4.69, 9.17) is 9.26 Å².